The molecule has 0 saturated heterocycles. The summed E-state index contributed by atoms with van der Waals surface area (Å²) < 4.78 is 6.23. The van der Waals surface area contributed by atoms with Crippen LogP contribution in [0.1, 0.15) is 10.4 Å². The third kappa shape index (κ3) is 4.39. The maximum absolute atomic E-state index is 12.2. The number of H-pyrrole nitrogens is 1. The lowest BCUT2D eigenvalue weighted by Gasteiger charge is -2.07. The Morgan fingerprint density at radius 2 is 1.96 bits per heavy atom. The number of hydrogen-bond acceptors (Lipinski definition) is 5. The molecule has 0 aliphatic carbocycles. The highest BCUT2D eigenvalue weighted by molar-refractivity contribution is 7.99. The largest absolute Gasteiger partial charge is 0.478 e. The molecule has 10 heteroatoms. The second-order valence-electron chi connectivity index (χ2n) is 5.29. The van der Waals surface area contributed by atoms with Crippen molar-refractivity contribution in [2.24, 2.45) is 0 Å². The number of carboxylic acids is 1. The van der Waals surface area contributed by atoms with Gasteiger partial charge in [0.25, 0.3) is 0 Å². The number of amides is 1. The summed E-state index contributed by atoms with van der Waals surface area (Å²) in [6, 6.07) is 13.0. The van der Waals surface area contributed by atoms with Crippen molar-refractivity contribution in [3.63, 3.8) is 0 Å². The summed E-state index contributed by atoms with van der Waals surface area (Å²) >= 11 is 6.96. The van der Waals surface area contributed by atoms with Gasteiger partial charge in [-0.15, -0.1) is 0 Å². The lowest BCUT2D eigenvalue weighted by molar-refractivity contribution is -0.704. The molecule has 0 bridgehead atoms. The van der Waals surface area contributed by atoms with E-state index in [1.165, 1.54) is 22.9 Å². The molecule has 0 unspecified atom stereocenters. The number of carboxylic acid groups (broad SMARTS) is 1. The van der Waals surface area contributed by atoms with Crippen molar-refractivity contribution in [2.75, 3.05) is 11.1 Å². The van der Waals surface area contributed by atoms with Gasteiger partial charge in [0, 0.05) is 12.1 Å². The van der Waals surface area contributed by atoms with Crippen molar-refractivity contribution in [2.45, 2.75) is 5.03 Å². The number of nitrogens with one attached hydrogen (secondary N) is 2. The van der Waals surface area contributed by atoms with Gasteiger partial charge in [0.2, 0.25) is 11.6 Å². The van der Waals surface area contributed by atoms with E-state index in [1.54, 1.807) is 24.3 Å². The number of halogens is 1. The first-order chi connectivity index (χ1) is 13.0. The van der Waals surface area contributed by atoms with Crippen LogP contribution >= 0.6 is 23.4 Å². The number of nitrogens with zero attached hydrogens (tertiary/aromatic N) is 1. The predicted octanol–water partition coefficient (Wildman–Crippen LogP) is 2.33. The summed E-state index contributed by atoms with van der Waals surface area (Å²) in [6.45, 7) is 0. The first-order valence-corrected chi connectivity index (χ1v) is 8.96. The highest BCUT2D eigenvalue weighted by atomic mass is 35.5. The van der Waals surface area contributed by atoms with Gasteiger partial charge in [-0.3, -0.25) is 9.32 Å². The van der Waals surface area contributed by atoms with E-state index in [9.17, 15) is 14.4 Å². The van der Waals surface area contributed by atoms with Crippen molar-refractivity contribution < 1.29 is 23.9 Å². The number of benzene rings is 2. The molecule has 0 atom stereocenters. The standard InChI is InChI=1S/C17H12ClN3O5S/c18-12-7-6-10(16(23)24)8-13(12)19-14(22)9-27-15-17(25)26-20-21(15)11-4-2-1-3-5-11/h1-8H,9H2,(H2-,19,20,22,23,24,25)/p+1. The number of para-hydroxylation sites is 1. The van der Waals surface area contributed by atoms with Gasteiger partial charge in [-0.05, 0) is 39.9 Å². The maximum Gasteiger partial charge on any atom is 0.442 e. The third-order valence-electron chi connectivity index (χ3n) is 3.45. The number of carbonyl (C=O) groups excluding carboxylic acids is 1. The number of anilines is 1. The number of carbonyl (C=O) groups is 2. The van der Waals surface area contributed by atoms with Gasteiger partial charge in [-0.2, -0.15) is 0 Å². The number of thioether (sulfide) groups is 1. The fraction of sp³-hybridized carbons (Fsp3) is 0.0588. The lowest BCUT2D eigenvalue weighted by atomic mass is 10.2. The molecule has 3 N–H and O–H groups in total. The summed E-state index contributed by atoms with van der Waals surface area (Å²) in [5.74, 6) is -1.70. The average molecular weight is 407 g/mol. The molecule has 0 saturated carbocycles. The second-order valence-corrected chi connectivity index (χ2v) is 6.66. The Morgan fingerprint density at radius 1 is 1.22 bits per heavy atom. The Morgan fingerprint density at radius 3 is 2.67 bits per heavy atom. The second kappa shape index (κ2) is 8.11. The van der Waals surface area contributed by atoms with Crippen molar-refractivity contribution in [3.8, 4) is 5.69 Å². The van der Waals surface area contributed by atoms with Gasteiger partial charge >= 0.3 is 16.6 Å². The average Bonchev–Trinajstić information content (AvgIpc) is 3.03. The van der Waals surface area contributed by atoms with Crippen LogP contribution in [0.5, 0.6) is 0 Å². The fourth-order valence-corrected chi connectivity index (χ4v) is 3.14. The SMILES string of the molecule is O=C(CSc1c(=O)o[nH][n+]1-c1ccccc1)Nc1cc(C(=O)O)ccc1Cl. The highest BCUT2D eigenvalue weighted by Gasteiger charge is 2.25. The first kappa shape index (κ1) is 18.7. The van der Waals surface area contributed by atoms with Crippen LogP contribution in [-0.2, 0) is 4.79 Å². The molecule has 0 fully saturated rings. The summed E-state index contributed by atoms with van der Waals surface area (Å²) in [7, 11) is 0. The van der Waals surface area contributed by atoms with Crippen LogP contribution in [0, 0.1) is 0 Å². The third-order valence-corrected chi connectivity index (χ3v) is 4.81. The molecular weight excluding hydrogens is 394 g/mol. The highest BCUT2D eigenvalue weighted by Crippen LogP contribution is 2.23. The van der Waals surface area contributed by atoms with E-state index < -0.39 is 17.5 Å². The molecule has 1 heterocycles. The fourth-order valence-electron chi connectivity index (χ4n) is 2.21. The minimum atomic E-state index is -1.13. The van der Waals surface area contributed by atoms with Crippen LogP contribution < -0.4 is 15.6 Å². The molecule has 8 nitrogen and oxygen atoms in total. The van der Waals surface area contributed by atoms with Crippen molar-refractivity contribution in [1.82, 2.24) is 5.27 Å². The number of aromatic nitrogens is 2. The number of rotatable bonds is 6. The van der Waals surface area contributed by atoms with Crippen molar-refractivity contribution >= 4 is 40.9 Å². The Labute approximate surface area is 161 Å². The van der Waals surface area contributed by atoms with Gasteiger partial charge in [0.05, 0.1) is 22.0 Å². The van der Waals surface area contributed by atoms with E-state index in [4.69, 9.17) is 21.2 Å². The van der Waals surface area contributed by atoms with E-state index in [0.717, 1.165) is 11.8 Å². The first-order valence-electron chi connectivity index (χ1n) is 7.60. The van der Waals surface area contributed by atoms with Gasteiger partial charge in [0.1, 0.15) is 0 Å². The van der Waals surface area contributed by atoms with E-state index in [0.29, 0.717) is 5.69 Å². The Kier molecular flexibility index (Phi) is 5.63. The van der Waals surface area contributed by atoms with Crippen LogP contribution in [0.3, 0.4) is 0 Å². The summed E-state index contributed by atoms with van der Waals surface area (Å²) in [5.41, 5.74) is 0.237. The van der Waals surface area contributed by atoms with E-state index >= 15 is 0 Å². The normalized spacial score (nSPS) is 10.6. The minimum Gasteiger partial charge on any atom is -0.478 e. The van der Waals surface area contributed by atoms with E-state index in [-0.39, 0.29) is 27.1 Å². The smallest absolute Gasteiger partial charge is 0.442 e. The molecule has 138 valence electrons. The van der Waals surface area contributed by atoms with Crippen LogP contribution in [0.4, 0.5) is 5.69 Å². The van der Waals surface area contributed by atoms with Crippen LogP contribution in [0.2, 0.25) is 5.02 Å². The van der Waals surface area contributed by atoms with Crippen molar-refractivity contribution in [3.05, 3.63) is 69.5 Å². The zero-order valence-corrected chi connectivity index (χ0v) is 15.2. The van der Waals surface area contributed by atoms with Gasteiger partial charge < -0.3 is 10.4 Å². The monoisotopic (exact) mass is 406 g/mol. The van der Waals surface area contributed by atoms with Crippen LogP contribution in [-0.4, -0.2) is 28.0 Å². The zero-order chi connectivity index (χ0) is 19.4. The van der Waals surface area contributed by atoms with Gasteiger partial charge in [0.15, 0.2) is 0 Å². The number of aromatic amines is 1. The molecule has 1 amide bonds. The molecule has 0 aliphatic heterocycles. The molecule has 27 heavy (non-hydrogen) atoms. The Bertz CT molecular complexity index is 1050. The van der Waals surface area contributed by atoms with Crippen LogP contribution in [0.25, 0.3) is 5.69 Å². The van der Waals surface area contributed by atoms with E-state index in [1.807, 2.05) is 6.07 Å². The molecule has 2 aromatic carbocycles. The Balaban J connectivity index is 1.72. The van der Waals surface area contributed by atoms with Crippen molar-refractivity contribution in [1.29, 1.82) is 0 Å². The van der Waals surface area contributed by atoms with Gasteiger partial charge in [-0.25, -0.2) is 9.59 Å². The lowest BCUT2D eigenvalue weighted by Crippen LogP contribution is -2.36. The summed E-state index contributed by atoms with van der Waals surface area (Å²) in [4.78, 5) is 35.1. The molecule has 3 rings (SSSR count). The van der Waals surface area contributed by atoms with Gasteiger partial charge in [-0.1, -0.05) is 29.8 Å². The minimum absolute atomic E-state index is 0.00412. The maximum atomic E-state index is 12.2. The van der Waals surface area contributed by atoms with E-state index in [2.05, 4.69) is 10.6 Å². The Hall–Kier alpha value is -3.04. The summed E-state index contributed by atoms with van der Waals surface area (Å²) in [5, 5.41) is 14.4. The molecular formula is C17H13ClN3O5S+. The summed E-state index contributed by atoms with van der Waals surface area (Å²) in [6.07, 6.45) is 0. The van der Waals surface area contributed by atoms with Crippen LogP contribution in [0.15, 0.2) is 62.9 Å². The molecule has 3 aromatic rings. The number of aromatic carboxylic acids is 1. The quantitative estimate of drug-likeness (QED) is 0.427. The zero-order valence-electron chi connectivity index (χ0n) is 13.6. The number of hydrogen-bond donors (Lipinski definition) is 3. The molecule has 0 aliphatic rings. The molecule has 0 radical (unpaired) electrons. The topological polar surface area (TPSA) is 116 Å². The predicted molar refractivity (Wildman–Crippen MR) is 98.6 cm³/mol. The molecule has 1 aromatic heterocycles. The molecule has 0 spiro atoms.